The minimum absolute atomic E-state index is 0.0510. The van der Waals surface area contributed by atoms with Gasteiger partial charge in [0.2, 0.25) is 11.8 Å². The molecule has 1 aliphatic rings. The lowest BCUT2D eigenvalue weighted by Crippen LogP contribution is -2.43. The van der Waals surface area contributed by atoms with Crippen LogP contribution in [0.3, 0.4) is 0 Å². The van der Waals surface area contributed by atoms with Crippen LogP contribution < -0.4 is 10.6 Å². The number of carbonyl (C=O) groups excluding carboxylic acids is 2. The molecule has 3 N–H and O–H groups in total. The Morgan fingerprint density at radius 1 is 1.32 bits per heavy atom. The predicted molar refractivity (Wildman–Crippen MR) is 89.2 cm³/mol. The van der Waals surface area contributed by atoms with E-state index in [4.69, 9.17) is 5.11 Å². The number of carboxylic acids is 1. The number of aryl methyl sites for hydroxylation is 1. The van der Waals surface area contributed by atoms with E-state index in [0.717, 1.165) is 0 Å². The standard InChI is InChI=1S/C18H23FN2O4/c1-12-2-3-13(10-14(12)19)11-20-15(22)4-7-18(9-6-17(24)25)8-5-16(23)21-18/h2-3,10H,4-9,11H2,1H3,(H,20,22)(H,21,23)(H,24,25). The summed E-state index contributed by atoms with van der Waals surface area (Å²) in [6.07, 6.45) is 1.71. The van der Waals surface area contributed by atoms with E-state index in [1.54, 1.807) is 19.1 Å². The van der Waals surface area contributed by atoms with E-state index in [2.05, 4.69) is 10.6 Å². The fraction of sp³-hybridized carbons (Fsp3) is 0.500. The molecule has 1 unspecified atom stereocenters. The van der Waals surface area contributed by atoms with Crippen molar-refractivity contribution in [1.82, 2.24) is 10.6 Å². The highest BCUT2D eigenvalue weighted by Gasteiger charge is 2.37. The summed E-state index contributed by atoms with van der Waals surface area (Å²) in [5.41, 5.74) is 0.599. The summed E-state index contributed by atoms with van der Waals surface area (Å²) in [6, 6.07) is 4.80. The van der Waals surface area contributed by atoms with Crippen LogP contribution in [0.15, 0.2) is 18.2 Å². The van der Waals surface area contributed by atoms with Crippen LogP contribution in [0.25, 0.3) is 0 Å². The molecule has 25 heavy (non-hydrogen) atoms. The topological polar surface area (TPSA) is 95.5 Å². The first-order valence-corrected chi connectivity index (χ1v) is 8.34. The summed E-state index contributed by atoms with van der Waals surface area (Å²) < 4.78 is 13.5. The number of rotatable bonds is 8. The average molecular weight is 350 g/mol. The van der Waals surface area contributed by atoms with Crippen LogP contribution in [0.5, 0.6) is 0 Å². The molecule has 0 saturated carbocycles. The molecule has 0 aromatic heterocycles. The molecule has 7 heteroatoms. The fourth-order valence-electron chi connectivity index (χ4n) is 3.01. The number of hydrogen-bond acceptors (Lipinski definition) is 3. The number of halogens is 1. The number of hydrogen-bond donors (Lipinski definition) is 3. The Labute approximate surface area is 145 Å². The summed E-state index contributed by atoms with van der Waals surface area (Å²) in [5, 5.41) is 14.4. The van der Waals surface area contributed by atoms with E-state index in [0.29, 0.717) is 36.8 Å². The molecule has 0 bridgehead atoms. The molecule has 1 aromatic rings. The molecule has 1 fully saturated rings. The summed E-state index contributed by atoms with van der Waals surface area (Å²) in [7, 11) is 0. The van der Waals surface area contributed by atoms with Crippen molar-refractivity contribution in [2.45, 2.75) is 57.5 Å². The quantitative estimate of drug-likeness (QED) is 0.669. The lowest BCUT2D eigenvalue weighted by molar-refractivity contribution is -0.137. The molecular formula is C18H23FN2O4. The lowest BCUT2D eigenvalue weighted by atomic mass is 9.86. The van der Waals surface area contributed by atoms with Gasteiger partial charge in [-0.2, -0.15) is 0 Å². The zero-order valence-electron chi connectivity index (χ0n) is 14.2. The van der Waals surface area contributed by atoms with Crippen molar-refractivity contribution in [1.29, 1.82) is 0 Å². The van der Waals surface area contributed by atoms with Crippen molar-refractivity contribution in [2.24, 2.45) is 0 Å². The molecule has 2 amide bonds. The van der Waals surface area contributed by atoms with Crippen molar-refractivity contribution >= 4 is 17.8 Å². The van der Waals surface area contributed by atoms with E-state index in [-0.39, 0.29) is 37.0 Å². The van der Waals surface area contributed by atoms with Gasteiger partial charge in [0, 0.05) is 31.3 Å². The van der Waals surface area contributed by atoms with Crippen LogP contribution in [0.4, 0.5) is 4.39 Å². The Kier molecular flexibility index (Phi) is 6.12. The molecular weight excluding hydrogens is 327 g/mol. The highest BCUT2D eigenvalue weighted by Crippen LogP contribution is 2.30. The SMILES string of the molecule is Cc1ccc(CNC(=O)CCC2(CCC(=O)O)CCC(=O)N2)cc1F. The van der Waals surface area contributed by atoms with Crippen LogP contribution in [0.1, 0.15) is 49.7 Å². The van der Waals surface area contributed by atoms with Gasteiger partial charge < -0.3 is 15.7 Å². The van der Waals surface area contributed by atoms with E-state index < -0.39 is 11.5 Å². The van der Waals surface area contributed by atoms with Gasteiger partial charge in [0.05, 0.1) is 0 Å². The summed E-state index contributed by atoms with van der Waals surface area (Å²) in [4.78, 5) is 34.4. The highest BCUT2D eigenvalue weighted by molar-refractivity contribution is 5.80. The molecule has 1 heterocycles. The van der Waals surface area contributed by atoms with Crippen LogP contribution in [0.2, 0.25) is 0 Å². The molecule has 0 radical (unpaired) electrons. The van der Waals surface area contributed by atoms with Gasteiger partial charge in [-0.1, -0.05) is 12.1 Å². The molecule has 1 atom stereocenters. The normalized spacial score (nSPS) is 19.5. The minimum atomic E-state index is -0.925. The second kappa shape index (κ2) is 8.09. The van der Waals surface area contributed by atoms with Crippen LogP contribution in [-0.2, 0) is 20.9 Å². The molecule has 0 aliphatic carbocycles. The smallest absolute Gasteiger partial charge is 0.303 e. The maximum atomic E-state index is 13.5. The number of aliphatic carboxylic acids is 1. The first-order valence-electron chi connectivity index (χ1n) is 8.34. The molecule has 2 rings (SSSR count). The maximum Gasteiger partial charge on any atom is 0.303 e. The third-order valence-corrected chi connectivity index (χ3v) is 4.61. The van der Waals surface area contributed by atoms with E-state index in [1.807, 2.05) is 0 Å². The molecule has 1 aliphatic heterocycles. The third-order valence-electron chi connectivity index (χ3n) is 4.61. The molecule has 0 spiro atoms. The number of nitrogens with one attached hydrogen (secondary N) is 2. The van der Waals surface area contributed by atoms with Crippen molar-refractivity contribution < 1.29 is 23.9 Å². The number of benzene rings is 1. The molecule has 1 saturated heterocycles. The highest BCUT2D eigenvalue weighted by atomic mass is 19.1. The molecule has 6 nitrogen and oxygen atoms in total. The van der Waals surface area contributed by atoms with Crippen LogP contribution >= 0.6 is 0 Å². The maximum absolute atomic E-state index is 13.5. The molecule has 1 aromatic carbocycles. The first-order chi connectivity index (χ1) is 11.8. The summed E-state index contributed by atoms with van der Waals surface area (Å²) in [5.74, 6) is -1.56. The number of carbonyl (C=O) groups is 3. The van der Waals surface area contributed by atoms with E-state index in [9.17, 15) is 18.8 Å². The van der Waals surface area contributed by atoms with Gasteiger partial charge in [-0.15, -0.1) is 0 Å². The predicted octanol–water partition coefficient (Wildman–Crippen LogP) is 2.04. The van der Waals surface area contributed by atoms with Gasteiger partial charge in [-0.3, -0.25) is 14.4 Å². The number of amides is 2. The average Bonchev–Trinajstić information content (AvgIpc) is 2.94. The Morgan fingerprint density at radius 3 is 2.64 bits per heavy atom. The van der Waals surface area contributed by atoms with Gasteiger partial charge in [-0.05, 0) is 43.4 Å². The van der Waals surface area contributed by atoms with Crippen molar-refractivity contribution in [3.05, 3.63) is 35.1 Å². The Hall–Kier alpha value is -2.44. The summed E-state index contributed by atoms with van der Waals surface area (Å²) >= 11 is 0. The van der Waals surface area contributed by atoms with Gasteiger partial charge in [0.15, 0.2) is 0 Å². The van der Waals surface area contributed by atoms with Crippen molar-refractivity contribution in [3.8, 4) is 0 Å². The van der Waals surface area contributed by atoms with Gasteiger partial charge in [0.1, 0.15) is 5.82 Å². The van der Waals surface area contributed by atoms with E-state index in [1.165, 1.54) is 6.07 Å². The summed E-state index contributed by atoms with van der Waals surface area (Å²) in [6.45, 7) is 1.90. The third kappa shape index (κ3) is 5.55. The van der Waals surface area contributed by atoms with Crippen molar-refractivity contribution in [3.63, 3.8) is 0 Å². The second-order valence-corrected chi connectivity index (χ2v) is 6.58. The fourth-order valence-corrected chi connectivity index (χ4v) is 3.01. The van der Waals surface area contributed by atoms with Gasteiger partial charge >= 0.3 is 5.97 Å². The first kappa shape index (κ1) is 18.9. The monoisotopic (exact) mass is 350 g/mol. The van der Waals surface area contributed by atoms with Gasteiger partial charge in [0.25, 0.3) is 0 Å². The Bertz CT molecular complexity index is 677. The van der Waals surface area contributed by atoms with Crippen molar-refractivity contribution in [2.75, 3.05) is 0 Å². The van der Waals surface area contributed by atoms with E-state index >= 15 is 0 Å². The lowest BCUT2D eigenvalue weighted by Gasteiger charge is -2.28. The van der Waals surface area contributed by atoms with Crippen LogP contribution in [0, 0.1) is 12.7 Å². The minimum Gasteiger partial charge on any atom is -0.481 e. The number of carboxylic acid groups (broad SMARTS) is 1. The zero-order chi connectivity index (χ0) is 18.4. The van der Waals surface area contributed by atoms with Gasteiger partial charge in [-0.25, -0.2) is 4.39 Å². The largest absolute Gasteiger partial charge is 0.481 e. The van der Waals surface area contributed by atoms with Crippen LogP contribution in [-0.4, -0.2) is 28.4 Å². The Balaban J connectivity index is 1.85. The molecule has 136 valence electrons. The zero-order valence-corrected chi connectivity index (χ0v) is 14.2. The Morgan fingerprint density at radius 2 is 2.04 bits per heavy atom. The second-order valence-electron chi connectivity index (χ2n) is 6.58.